The molecule has 3 aliphatic carbocycles. The summed E-state index contributed by atoms with van der Waals surface area (Å²) < 4.78 is 0. The van der Waals surface area contributed by atoms with Crippen molar-refractivity contribution in [2.24, 2.45) is 35.0 Å². The first kappa shape index (κ1) is 24.7. The molecule has 1 saturated heterocycles. The first-order valence-electron chi connectivity index (χ1n) is 14.6. The summed E-state index contributed by atoms with van der Waals surface area (Å²) in [7, 11) is 0. The van der Waals surface area contributed by atoms with Crippen molar-refractivity contribution in [3.63, 3.8) is 0 Å². The highest BCUT2D eigenvalue weighted by atomic mass is 15.3. The van der Waals surface area contributed by atoms with Crippen molar-refractivity contribution in [2.45, 2.75) is 129 Å². The number of fused-ring (bicyclic) bond motifs is 5. The third-order valence-electron chi connectivity index (χ3n) is 10.1. The van der Waals surface area contributed by atoms with Gasteiger partial charge in [-0.2, -0.15) is 0 Å². The molecule has 1 heterocycles. The van der Waals surface area contributed by atoms with Gasteiger partial charge in [-0.05, 0) is 107 Å². The van der Waals surface area contributed by atoms with Crippen LogP contribution in [0.3, 0.4) is 0 Å². The summed E-state index contributed by atoms with van der Waals surface area (Å²) in [5.41, 5.74) is 2.15. The van der Waals surface area contributed by atoms with E-state index in [-0.39, 0.29) is 11.1 Å². The van der Waals surface area contributed by atoms with Crippen LogP contribution in [-0.4, -0.2) is 23.2 Å². The molecular formula is C32H52N2. The molecule has 5 rings (SSSR count). The Hall–Kier alpha value is -1.02. The molecule has 3 saturated carbocycles. The molecule has 190 valence electrons. The minimum atomic E-state index is 0.147. The maximum Gasteiger partial charge on any atom is 0.0371 e. The predicted molar refractivity (Wildman–Crippen MR) is 146 cm³/mol. The summed E-state index contributed by atoms with van der Waals surface area (Å²) in [4.78, 5) is 2.99. The topological polar surface area (TPSA) is 15.3 Å². The van der Waals surface area contributed by atoms with Gasteiger partial charge in [-0.3, -0.25) is 0 Å². The molecule has 1 aliphatic heterocycles. The van der Waals surface area contributed by atoms with E-state index in [0.29, 0.717) is 5.41 Å². The van der Waals surface area contributed by atoms with Crippen molar-refractivity contribution in [2.75, 3.05) is 4.90 Å². The Kier molecular flexibility index (Phi) is 6.40. The van der Waals surface area contributed by atoms with Crippen molar-refractivity contribution in [1.82, 2.24) is 5.32 Å². The smallest absolute Gasteiger partial charge is 0.0371 e. The highest BCUT2D eigenvalue weighted by Crippen LogP contribution is 2.63. The van der Waals surface area contributed by atoms with Crippen LogP contribution in [0.25, 0.3) is 0 Å². The first-order valence-corrected chi connectivity index (χ1v) is 14.6. The molecule has 7 unspecified atom stereocenters. The van der Waals surface area contributed by atoms with Crippen LogP contribution in [0.2, 0.25) is 0 Å². The molecule has 1 N–H and O–H groups in total. The Morgan fingerprint density at radius 3 is 2.00 bits per heavy atom. The van der Waals surface area contributed by atoms with Gasteiger partial charge in [0.1, 0.15) is 0 Å². The van der Waals surface area contributed by atoms with Gasteiger partial charge in [0.25, 0.3) is 0 Å². The van der Waals surface area contributed by atoms with Crippen LogP contribution in [0.5, 0.6) is 0 Å². The Labute approximate surface area is 210 Å². The lowest BCUT2D eigenvalue weighted by Crippen LogP contribution is -2.59. The number of nitrogens with one attached hydrogen (secondary N) is 1. The molecule has 1 aromatic rings. The lowest BCUT2D eigenvalue weighted by atomic mass is 9.65. The van der Waals surface area contributed by atoms with Gasteiger partial charge in [-0.15, -0.1) is 0 Å². The molecule has 1 aromatic carbocycles. The van der Waals surface area contributed by atoms with Crippen LogP contribution < -0.4 is 10.2 Å². The molecular weight excluding hydrogens is 412 g/mol. The molecule has 0 bridgehead atoms. The van der Waals surface area contributed by atoms with Crippen LogP contribution in [0.1, 0.15) is 106 Å². The lowest BCUT2D eigenvalue weighted by molar-refractivity contribution is 0.0619. The van der Waals surface area contributed by atoms with Crippen LogP contribution in [0.15, 0.2) is 30.3 Å². The minimum absolute atomic E-state index is 0.147. The van der Waals surface area contributed by atoms with Crippen molar-refractivity contribution in [3.05, 3.63) is 30.3 Å². The second-order valence-electron chi connectivity index (χ2n) is 14.9. The van der Waals surface area contributed by atoms with Crippen LogP contribution in [0.4, 0.5) is 5.69 Å². The fourth-order valence-electron chi connectivity index (χ4n) is 10.2. The number of benzene rings is 1. The fourth-order valence-corrected chi connectivity index (χ4v) is 10.2. The van der Waals surface area contributed by atoms with Crippen molar-refractivity contribution in [1.29, 1.82) is 0 Å². The first-order chi connectivity index (χ1) is 16.0. The van der Waals surface area contributed by atoms with E-state index in [2.05, 4.69) is 89.0 Å². The summed E-state index contributed by atoms with van der Waals surface area (Å²) in [6.07, 6.45) is 12.7. The Bertz CT molecular complexity index is 832. The quantitative estimate of drug-likeness (QED) is 0.474. The largest absolute Gasteiger partial charge is 0.365 e. The molecule has 34 heavy (non-hydrogen) atoms. The minimum Gasteiger partial charge on any atom is -0.365 e. The van der Waals surface area contributed by atoms with E-state index < -0.39 is 0 Å². The average molecular weight is 465 g/mol. The summed E-state index contributed by atoms with van der Waals surface area (Å²) in [6, 6.07) is 13.1. The Balaban J connectivity index is 1.53. The van der Waals surface area contributed by atoms with Gasteiger partial charge in [0.15, 0.2) is 0 Å². The molecule has 0 radical (unpaired) electrons. The highest BCUT2D eigenvalue weighted by Gasteiger charge is 2.64. The van der Waals surface area contributed by atoms with E-state index in [9.17, 15) is 0 Å². The third kappa shape index (κ3) is 4.46. The highest BCUT2D eigenvalue weighted by molar-refractivity contribution is 5.52. The monoisotopic (exact) mass is 464 g/mol. The Morgan fingerprint density at radius 1 is 0.765 bits per heavy atom. The van der Waals surface area contributed by atoms with Gasteiger partial charge >= 0.3 is 0 Å². The zero-order valence-corrected chi connectivity index (χ0v) is 23.2. The van der Waals surface area contributed by atoms with Crippen LogP contribution in [-0.2, 0) is 0 Å². The standard InChI is InChI=1S/C32H52N2/c1-30(2,3)21-31(4,5)33-32(6,7)28-23-17-11-12-18-24(23)29-27(28)25-19-13-14-20-26(25)34(29)22-15-9-8-10-16-22/h8-10,15-16,23-29,33H,11-14,17-21H2,1-7H3. The number of hydrogen-bond donors (Lipinski definition) is 1. The van der Waals surface area contributed by atoms with E-state index in [1.807, 2.05) is 0 Å². The predicted octanol–water partition coefficient (Wildman–Crippen LogP) is 8.07. The number of para-hydroxylation sites is 1. The summed E-state index contributed by atoms with van der Waals surface area (Å²) >= 11 is 0. The van der Waals surface area contributed by atoms with Crippen molar-refractivity contribution >= 4 is 5.69 Å². The maximum atomic E-state index is 4.31. The molecule has 2 nitrogen and oxygen atoms in total. The lowest BCUT2D eigenvalue weighted by Gasteiger charge is -2.49. The van der Waals surface area contributed by atoms with Gasteiger partial charge in [0.05, 0.1) is 0 Å². The normalized spacial score (nSPS) is 36.2. The number of anilines is 1. The van der Waals surface area contributed by atoms with Gasteiger partial charge in [0, 0.05) is 28.8 Å². The second-order valence-corrected chi connectivity index (χ2v) is 14.9. The molecule has 2 heteroatoms. The van der Waals surface area contributed by atoms with Gasteiger partial charge in [0.2, 0.25) is 0 Å². The van der Waals surface area contributed by atoms with Crippen LogP contribution >= 0.6 is 0 Å². The number of rotatable bonds is 5. The maximum absolute atomic E-state index is 4.31. The van der Waals surface area contributed by atoms with Gasteiger partial charge in [-0.1, -0.05) is 64.7 Å². The number of nitrogens with zero attached hydrogens (tertiary/aromatic N) is 1. The van der Waals surface area contributed by atoms with Crippen molar-refractivity contribution in [3.8, 4) is 0 Å². The second kappa shape index (κ2) is 8.82. The molecule has 4 aliphatic rings. The zero-order valence-electron chi connectivity index (χ0n) is 23.2. The summed E-state index contributed by atoms with van der Waals surface area (Å²) in [5.74, 6) is 4.25. The fraction of sp³-hybridized carbons (Fsp3) is 0.812. The van der Waals surface area contributed by atoms with E-state index in [0.717, 1.165) is 41.7 Å². The molecule has 7 atom stereocenters. The van der Waals surface area contributed by atoms with Crippen LogP contribution in [0, 0.1) is 35.0 Å². The SMILES string of the molecule is CC(C)(C)CC(C)(C)NC(C)(C)C1C2CCCCC2C2C1C1CCCCC1N2c1ccccc1. The average Bonchev–Trinajstić information content (AvgIpc) is 3.25. The molecule has 0 amide bonds. The summed E-state index contributed by atoms with van der Waals surface area (Å²) in [5, 5.41) is 4.31. The summed E-state index contributed by atoms with van der Waals surface area (Å²) in [6.45, 7) is 17.3. The van der Waals surface area contributed by atoms with E-state index in [1.165, 1.54) is 63.5 Å². The van der Waals surface area contributed by atoms with E-state index in [4.69, 9.17) is 0 Å². The van der Waals surface area contributed by atoms with Crippen molar-refractivity contribution < 1.29 is 0 Å². The van der Waals surface area contributed by atoms with E-state index in [1.54, 1.807) is 0 Å². The molecule has 4 fully saturated rings. The Morgan fingerprint density at radius 2 is 1.35 bits per heavy atom. The number of hydrogen-bond acceptors (Lipinski definition) is 2. The van der Waals surface area contributed by atoms with Gasteiger partial charge < -0.3 is 10.2 Å². The zero-order chi connectivity index (χ0) is 24.3. The molecule has 0 aromatic heterocycles. The van der Waals surface area contributed by atoms with E-state index >= 15 is 0 Å². The van der Waals surface area contributed by atoms with Gasteiger partial charge in [-0.25, -0.2) is 0 Å². The molecule has 0 spiro atoms. The third-order valence-corrected chi connectivity index (χ3v) is 10.1.